The van der Waals surface area contributed by atoms with Crippen LogP contribution >= 0.6 is 0 Å². The second-order valence-electron chi connectivity index (χ2n) is 4.95. The first kappa shape index (κ1) is 12.0. The number of nitrogens with two attached hydrogens (primary N) is 1. The van der Waals surface area contributed by atoms with Crippen molar-refractivity contribution >= 4 is 0 Å². The van der Waals surface area contributed by atoms with E-state index in [-0.39, 0.29) is 11.1 Å². The maximum Gasteiger partial charge on any atom is 0.0644 e. The van der Waals surface area contributed by atoms with Gasteiger partial charge in [0.05, 0.1) is 5.60 Å². The molecule has 0 radical (unpaired) electrons. The van der Waals surface area contributed by atoms with Gasteiger partial charge in [0.1, 0.15) is 0 Å². The van der Waals surface area contributed by atoms with Crippen molar-refractivity contribution in [1.29, 1.82) is 0 Å². The Hall–Kier alpha value is -0.120. The van der Waals surface area contributed by atoms with Crippen LogP contribution in [-0.2, 0) is 4.74 Å². The molecule has 0 aliphatic carbocycles. The van der Waals surface area contributed by atoms with E-state index >= 15 is 0 Å². The Morgan fingerprint density at radius 1 is 1.43 bits per heavy atom. The minimum Gasteiger partial charge on any atom is -0.375 e. The van der Waals surface area contributed by atoms with Crippen LogP contribution in [0.2, 0.25) is 0 Å². The van der Waals surface area contributed by atoms with Gasteiger partial charge in [0.25, 0.3) is 0 Å². The summed E-state index contributed by atoms with van der Waals surface area (Å²) in [6.45, 7) is 9.05. The lowest BCUT2D eigenvalue weighted by atomic mass is 9.81. The van der Waals surface area contributed by atoms with E-state index in [0.29, 0.717) is 6.54 Å². The molecule has 1 aliphatic heterocycles. The highest BCUT2D eigenvalue weighted by Crippen LogP contribution is 2.31. The summed E-state index contributed by atoms with van der Waals surface area (Å²) in [5.41, 5.74) is 5.96. The van der Waals surface area contributed by atoms with Crippen LogP contribution in [0, 0.1) is 0 Å². The fraction of sp³-hybridized carbons (Fsp3) is 1.00. The topological polar surface area (TPSA) is 47.3 Å². The van der Waals surface area contributed by atoms with Crippen molar-refractivity contribution in [2.24, 2.45) is 5.73 Å². The van der Waals surface area contributed by atoms with E-state index in [1.165, 1.54) is 0 Å². The molecule has 14 heavy (non-hydrogen) atoms. The van der Waals surface area contributed by atoms with Gasteiger partial charge in [0.15, 0.2) is 0 Å². The van der Waals surface area contributed by atoms with Gasteiger partial charge in [-0.25, -0.2) is 0 Å². The second-order valence-corrected chi connectivity index (χ2v) is 4.95. The Labute approximate surface area is 87.4 Å². The summed E-state index contributed by atoms with van der Waals surface area (Å²) >= 11 is 0. The van der Waals surface area contributed by atoms with E-state index in [0.717, 1.165) is 32.4 Å². The lowest BCUT2D eigenvalue weighted by Crippen LogP contribution is -2.59. The Bertz CT molecular complexity index is 182. The molecule has 1 rings (SSSR count). The van der Waals surface area contributed by atoms with Crippen LogP contribution < -0.4 is 11.1 Å². The van der Waals surface area contributed by atoms with Crippen molar-refractivity contribution in [2.75, 3.05) is 19.7 Å². The molecule has 3 nitrogen and oxygen atoms in total. The lowest BCUT2D eigenvalue weighted by Gasteiger charge is -2.45. The molecule has 0 aromatic carbocycles. The first-order valence-electron chi connectivity index (χ1n) is 5.63. The predicted octanol–water partition coefficient (Wildman–Crippen LogP) is 1.27. The quantitative estimate of drug-likeness (QED) is 0.718. The Morgan fingerprint density at radius 2 is 2.14 bits per heavy atom. The highest BCUT2D eigenvalue weighted by atomic mass is 16.5. The van der Waals surface area contributed by atoms with Gasteiger partial charge in [-0.3, -0.25) is 0 Å². The third-order valence-electron chi connectivity index (χ3n) is 2.98. The molecule has 0 saturated carbocycles. The average Bonchev–Trinajstić information content (AvgIpc) is 2.13. The SMILES string of the molecule is CCCNC1(CN)CCOC(C)(C)C1. The highest BCUT2D eigenvalue weighted by molar-refractivity contribution is 4.97. The molecule has 1 atom stereocenters. The molecule has 3 heteroatoms. The molecular formula is C11H24N2O. The first-order valence-corrected chi connectivity index (χ1v) is 5.63. The van der Waals surface area contributed by atoms with Crippen LogP contribution in [0.5, 0.6) is 0 Å². The molecule has 1 fully saturated rings. The molecule has 0 spiro atoms. The zero-order valence-corrected chi connectivity index (χ0v) is 9.73. The largest absolute Gasteiger partial charge is 0.375 e. The monoisotopic (exact) mass is 200 g/mol. The zero-order chi connectivity index (χ0) is 10.7. The van der Waals surface area contributed by atoms with E-state index in [1.54, 1.807) is 0 Å². The van der Waals surface area contributed by atoms with Gasteiger partial charge in [-0.2, -0.15) is 0 Å². The molecule has 1 unspecified atom stereocenters. The molecule has 84 valence electrons. The Kier molecular flexibility index (Phi) is 3.93. The Morgan fingerprint density at radius 3 is 2.64 bits per heavy atom. The van der Waals surface area contributed by atoms with Gasteiger partial charge >= 0.3 is 0 Å². The average molecular weight is 200 g/mol. The summed E-state index contributed by atoms with van der Waals surface area (Å²) < 4.78 is 5.71. The van der Waals surface area contributed by atoms with Crippen LogP contribution in [0.25, 0.3) is 0 Å². The van der Waals surface area contributed by atoms with Gasteiger partial charge < -0.3 is 15.8 Å². The zero-order valence-electron chi connectivity index (χ0n) is 9.73. The number of hydrogen-bond donors (Lipinski definition) is 2. The highest BCUT2D eigenvalue weighted by Gasteiger charge is 2.39. The van der Waals surface area contributed by atoms with Crippen LogP contribution in [0.4, 0.5) is 0 Å². The lowest BCUT2D eigenvalue weighted by molar-refractivity contribution is -0.0856. The molecule has 1 aliphatic rings. The van der Waals surface area contributed by atoms with Gasteiger partial charge in [-0.05, 0) is 39.7 Å². The summed E-state index contributed by atoms with van der Waals surface area (Å²) in [6, 6.07) is 0. The Balaban J connectivity index is 2.58. The maximum absolute atomic E-state index is 5.88. The van der Waals surface area contributed by atoms with E-state index < -0.39 is 0 Å². The summed E-state index contributed by atoms with van der Waals surface area (Å²) in [7, 11) is 0. The third-order valence-corrected chi connectivity index (χ3v) is 2.98. The molecular weight excluding hydrogens is 176 g/mol. The van der Waals surface area contributed by atoms with Crippen LogP contribution in [0.15, 0.2) is 0 Å². The van der Waals surface area contributed by atoms with Gasteiger partial charge in [0, 0.05) is 18.7 Å². The second kappa shape index (κ2) is 4.60. The summed E-state index contributed by atoms with van der Waals surface area (Å²) in [6.07, 6.45) is 3.20. The van der Waals surface area contributed by atoms with E-state index in [4.69, 9.17) is 10.5 Å². The molecule has 0 bridgehead atoms. The van der Waals surface area contributed by atoms with E-state index in [2.05, 4.69) is 26.1 Å². The maximum atomic E-state index is 5.88. The fourth-order valence-corrected chi connectivity index (χ4v) is 2.26. The van der Waals surface area contributed by atoms with Crippen molar-refractivity contribution < 1.29 is 4.74 Å². The fourth-order valence-electron chi connectivity index (χ4n) is 2.26. The van der Waals surface area contributed by atoms with Crippen molar-refractivity contribution in [3.63, 3.8) is 0 Å². The van der Waals surface area contributed by atoms with Crippen molar-refractivity contribution in [2.45, 2.75) is 51.2 Å². The smallest absolute Gasteiger partial charge is 0.0644 e. The normalized spacial score (nSPS) is 31.7. The summed E-state index contributed by atoms with van der Waals surface area (Å²) in [5.74, 6) is 0. The standard InChI is InChI=1S/C11H24N2O/c1-4-6-13-11(9-12)5-7-14-10(2,3)8-11/h13H,4-9,12H2,1-3H3. The van der Waals surface area contributed by atoms with Crippen molar-refractivity contribution in [1.82, 2.24) is 5.32 Å². The molecule has 3 N–H and O–H groups in total. The molecule has 0 amide bonds. The third kappa shape index (κ3) is 2.94. The first-order chi connectivity index (χ1) is 6.54. The van der Waals surface area contributed by atoms with E-state index in [1.807, 2.05) is 0 Å². The van der Waals surface area contributed by atoms with Gasteiger partial charge in [-0.1, -0.05) is 6.92 Å². The summed E-state index contributed by atoms with van der Waals surface area (Å²) in [4.78, 5) is 0. The molecule has 0 aromatic rings. The van der Waals surface area contributed by atoms with Crippen LogP contribution in [0.1, 0.15) is 40.0 Å². The predicted molar refractivity (Wildman–Crippen MR) is 59.3 cm³/mol. The van der Waals surface area contributed by atoms with Crippen molar-refractivity contribution in [3.05, 3.63) is 0 Å². The number of rotatable bonds is 4. The summed E-state index contributed by atoms with van der Waals surface area (Å²) in [5, 5.41) is 3.59. The minimum atomic E-state index is -0.0294. The number of nitrogens with one attached hydrogen (secondary N) is 1. The molecule has 1 saturated heterocycles. The number of ether oxygens (including phenoxy) is 1. The van der Waals surface area contributed by atoms with Gasteiger partial charge in [0.2, 0.25) is 0 Å². The number of hydrogen-bond acceptors (Lipinski definition) is 3. The molecule has 1 heterocycles. The van der Waals surface area contributed by atoms with Crippen molar-refractivity contribution in [3.8, 4) is 0 Å². The minimum absolute atomic E-state index is 0.0294. The molecule has 0 aromatic heterocycles. The van der Waals surface area contributed by atoms with Gasteiger partial charge in [-0.15, -0.1) is 0 Å². The van der Waals surface area contributed by atoms with Crippen LogP contribution in [0.3, 0.4) is 0 Å². The van der Waals surface area contributed by atoms with Crippen LogP contribution in [-0.4, -0.2) is 30.8 Å². The van der Waals surface area contributed by atoms with E-state index in [9.17, 15) is 0 Å².